The molecule has 0 atom stereocenters. The van der Waals surface area contributed by atoms with Crippen molar-refractivity contribution in [3.05, 3.63) is 59.7 Å². The van der Waals surface area contributed by atoms with Crippen LogP contribution in [0, 0.1) is 0 Å². The molecular formula is C21H28N2O3. The van der Waals surface area contributed by atoms with Crippen molar-refractivity contribution in [1.29, 1.82) is 0 Å². The van der Waals surface area contributed by atoms with Crippen molar-refractivity contribution < 1.29 is 14.3 Å². The first-order valence-corrected chi connectivity index (χ1v) is 8.72. The fraction of sp³-hybridized carbons (Fsp3) is 0.381. The van der Waals surface area contributed by atoms with Gasteiger partial charge in [-0.15, -0.1) is 0 Å². The molecule has 0 saturated carbocycles. The van der Waals surface area contributed by atoms with Gasteiger partial charge in [-0.25, -0.2) is 4.79 Å². The Morgan fingerprint density at radius 2 is 1.77 bits per heavy atom. The molecule has 0 unspecified atom stereocenters. The van der Waals surface area contributed by atoms with Crippen molar-refractivity contribution in [1.82, 2.24) is 4.90 Å². The van der Waals surface area contributed by atoms with Crippen LogP contribution in [0.4, 0.5) is 10.5 Å². The van der Waals surface area contributed by atoms with E-state index in [1.165, 1.54) is 0 Å². The first-order chi connectivity index (χ1) is 12.3. The highest BCUT2D eigenvalue weighted by Crippen LogP contribution is 2.17. The Hall–Kier alpha value is -2.69. The van der Waals surface area contributed by atoms with Crippen LogP contribution in [0.5, 0.6) is 5.75 Å². The van der Waals surface area contributed by atoms with Crippen molar-refractivity contribution >= 4 is 11.8 Å². The Kier molecular flexibility index (Phi) is 6.50. The van der Waals surface area contributed by atoms with E-state index in [1.807, 2.05) is 69.3 Å². The number of hydrogen-bond acceptors (Lipinski definition) is 4. The fourth-order valence-electron chi connectivity index (χ4n) is 2.57. The van der Waals surface area contributed by atoms with Crippen LogP contribution in [0.15, 0.2) is 48.5 Å². The molecular weight excluding hydrogens is 328 g/mol. The van der Waals surface area contributed by atoms with Crippen molar-refractivity contribution in [3.63, 3.8) is 0 Å². The van der Waals surface area contributed by atoms with Gasteiger partial charge in [0.25, 0.3) is 0 Å². The molecule has 0 bridgehead atoms. The molecule has 0 aliphatic carbocycles. The highest BCUT2D eigenvalue weighted by atomic mass is 16.6. The first kappa shape index (κ1) is 19.6. The zero-order valence-corrected chi connectivity index (χ0v) is 16.0. The molecule has 0 aliphatic rings. The Morgan fingerprint density at radius 3 is 2.42 bits per heavy atom. The molecule has 0 aromatic heterocycles. The van der Waals surface area contributed by atoms with Crippen LogP contribution < -0.4 is 10.5 Å². The predicted octanol–water partition coefficient (Wildman–Crippen LogP) is 4.26. The second kappa shape index (κ2) is 8.61. The van der Waals surface area contributed by atoms with Crippen LogP contribution in [-0.2, 0) is 17.7 Å². The number of methoxy groups -OCH3 is 1. The van der Waals surface area contributed by atoms with E-state index in [-0.39, 0.29) is 6.09 Å². The van der Waals surface area contributed by atoms with Gasteiger partial charge in [0, 0.05) is 18.8 Å². The van der Waals surface area contributed by atoms with Gasteiger partial charge in [0.05, 0.1) is 7.11 Å². The molecule has 1 amide bonds. The lowest BCUT2D eigenvalue weighted by atomic mass is 10.1. The van der Waals surface area contributed by atoms with E-state index >= 15 is 0 Å². The molecule has 2 N–H and O–H groups in total. The lowest BCUT2D eigenvalue weighted by Gasteiger charge is -2.27. The van der Waals surface area contributed by atoms with Gasteiger partial charge in [0.15, 0.2) is 0 Å². The summed E-state index contributed by atoms with van der Waals surface area (Å²) in [7, 11) is 1.64. The number of nitrogens with zero attached hydrogens (tertiary/aromatic N) is 1. The SMILES string of the molecule is COc1cccc(CCN(Cc2cccc(N)c2)C(=O)OC(C)(C)C)c1. The summed E-state index contributed by atoms with van der Waals surface area (Å²) in [5, 5.41) is 0. The molecule has 0 heterocycles. The third-order valence-corrected chi connectivity index (χ3v) is 3.78. The van der Waals surface area contributed by atoms with Gasteiger partial charge >= 0.3 is 6.09 Å². The molecule has 0 aliphatic heterocycles. The smallest absolute Gasteiger partial charge is 0.410 e. The van der Waals surface area contributed by atoms with E-state index in [4.69, 9.17) is 15.2 Å². The summed E-state index contributed by atoms with van der Waals surface area (Å²) in [6, 6.07) is 15.4. The summed E-state index contributed by atoms with van der Waals surface area (Å²) in [4.78, 5) is 14.3. The zero-order valence-electron chi connectivity index (χ0n) is 16.0. The third-order valence-electron chi connectivity index (χ3n) is 3.78. The maximum Gasteiger partial charge on any atom is 0.410 e. The number of ether oxygens (including phenoxy) is 2. The number of nitrogens with two attached hydrogens (primary N) is 1. The number of nitrogen functional groups attached to an aromatic ring is 1. The van der Waals surface area contributed by atoms with Gasteiger partial charge in [0.2, 0.25) is 0 Å². The lowest BCUT2D eigenvalue weighted by Crippen LogP contribution is -2.37. The van der Waals surface area contributed by atoms with Crippen LogP contribution >= 0.6 is 0 Å². The number of carbonyl (C=O) groups is 1. The largest absolute Gasteiger partial charge is 0.497 e. The van der Waals surface area contributed by atoms with E-state index in [0.29, 0.717) is 25.2 Å². The summed E-state index contributed by atoms with van der Waals surface area (Å²) in [6.45, 7) is 6.59. The molecule has 0 saturated heterocycles. The molecule has 2 rings (SSSR count). The zero-order chi connectivity index (χ0) is 19.2. The number of carbonyl (C=O) groups excluding carboxylic acids is 1. The molecule has 0 fully saturated rings. The molecule has 26 heavy (non-hydrogen) atoms. The van der Waals surface area contributed by atoms with Gasteiger partial charge in [-0.3, -0.25) is 0 Å². The highest BCUT2D eigenvalue weighted by molar-refractivity contribution is 5.68. The second-order valence-corrected chi connectivity index (χ2v) is 7.25. The summed E-state index contributed by atoms with van der Waals surface area (Å²) in [5.41, 5.74) is 8.08. The first-order valence-electron chi connectivity index (χ1n) is 8.72. The number of rotatable bonds is 6. The number of amides is 1. The van der Waals surface area contributed by atoms with Crippen molar-refractivity contribution in [2.75, 3.05) is 19.4 Å². The van der Waals surface area contributed by atoms with Gasteiger partial charge < -0.3 is 20.1 Å². The molecule has 5 heteroatoms. The standard InChI is InChI=1S/C21H28N2O3/c1-21(2,3)26-20(24)23(15-17-8-5-9-18(22)13-17)12-11-16-7-6-10-19(14-16)25-4/h5-10,13-14H,11-12,15,22H2,1-4H3. The minimum absolute atomic E-state index is 0.331. The van der Waals surface area contributed by atoms with Gasteiger partial charge in [-0.2, -0.15) is 0 Å². The van der Waals surface area contributed by atoms with Crippen molar-refractivity contribution in [2.24, 2.45) is 0 Å². The third kappa shape index (κ3) is 6.31. The normalized spacial score (nSPS) is 11.1. The number of benzene rings is 2. The maximum absolute atomic E-state index is 12.6. The molecule has 2 aromatic rings. The van der Waals surface area contributed by atoms with E-state index in [0.717, 1.165) is 16.9 Å². The van der Waals surface area contributed by atoms with E-state index in [1.54, 1.807) is 12.0 Å². The van der Waals surface area contributed by atoms with E-state index in [2.05, 4.69) is 0 Å². The van der Waals surface area contributed by atoms with Crippen molar-refractivity contribution in [3.8, 4) is 5.75 Å². The van der Waals surface area contributed by atoms with Crippen LogP contribution in [0.25, 0.3) is 0 Å². The minimum atomic E-state index is -0.541. The summed E-state index contributed by atoms with van der Waals surface area (Å²) < 4.78 is 10.8. The highest BCUT2D eigenvalue weighted by Gasteiger charge is 2.22. The maximum atomic E-state index is 12.6. The molecule has 140 valence electrons. The van der Waals surface area contributed by atoms with Gasteiger partial charge in [0.1, 0.15) is 11.4 Å². The van der Waals surface area contributed by atoms with Crippen LogP contribution in [-0.4, -0.2) is 30.2 Å². The summed E-state index contributed by atoms with van der Waals surface area (Å²) in [6.07, 6.45) is 0.376. The Bertz CT molecular complexity index is 738. The number of anilines is 1. The van der Waals surface area contributed by atoms with Crippen LogP contribution in [0.1, 0.15) is 31.9 Å². The fourth-order valence-corrected chi connectivity index (χ4v) is 2.57. The quantitative estimate of drug-likeness (QED) is 0.786. The van der Waals surface area contributed by atoms with E-state index in [9.17, 15) is 4.79 Å². The Labute approximate surface area is 155 Å². The average Bonchev–Trinajstić information content (AvgIpc) is 2.57. The monoisotopic (exact) mass is 356 g/mol. The van der Waals surface area contributed by atoms with Crippen LogP contribution in [0.2, 0.25) is 0 Å². The molecule has 5 nitrogen and oxygen atoms in total. The molecule has 0 radical (unpaired) electrons. The van der Waals surface area contributed by atoms with Crippen molar-refractivity contribution in [2.45, 2.75) is 39.3 Å². The second-order valence-electron chi connectivity index (χ2n) is 7.25. The predicted molar refractivity (Wildman–Crippen MR) is 104 cm³/mol. The van der Waals surface area contributed by atoms with Gasteiger partial charge in [-0.1, -0.05) is 24.3 Å². The van der Waals surface area contributed by atoms with Crippen LogP contribution in [0.3, 0.4) is 0 Å². The summed E-state index contributed by atoms with van der Waals surface area (Å²) >= 11 is 0. The Morgan fingerprint density at radius 1 is 1.08 bits per heavy atom. The topological polar surface area (TPSA) is 64.8 Å². The summed E-state index contributed by atoms with van der Waals surface area (Å²) in [5.74, 6) is 0.808. The lowest BCUT2D eigenvalue weighted by molar-refractivity contribution is 0.0236. The molecule has 0 spiro atoms. The minimum Gasteiger partial charge on any atom is -0.497 e. The Balaban J connectivity index is 2.12. The van der Waals surface area contributed by atoms with E-state index < -0.39 is 5.60 Å². The van der Waals surface area contributed by atoms with Gasteiger partial charge in [-0.05, 0) is 62.6 Å². The average molecular weight is 356 g/mol. The molecule has 2 aromatic carbocycles. The number of hydrogen-bond donors (Lipinski definition) is 1.